The van der Waals surface area contributed by atoms with Crippen LogP contribution < -0.4 is 0 Å². The van der Waals surface area contributed by atoms with Gasteiger partial charge in [0, 0.05) is 5.92 Å². The van der Waals surface area contributed by atoms with Crippen LogP contribution in [-0.4, -0.2) is 4.86 Å². The molecule has 0 aliphatic carbocycles. The average molecular weight is 114 g/mol. The molecule has 0 fully saturated rings. The quantitative estimate of drug-likeness (QED) is 0.496. The van der Waals surface area contributed by atoms with Crippen molar-refractivity contribution in [1.82, 2.24) is 0 Å². The Bertz CT molecular complexity index is 64.6. The van der Waals surface area contributed by atoms with E-state index in [0.717, 1.165) is 11.3 Å². The Balaban J connectivity index is 3.35. The maximum atomic E-state index is 4.88. The number of hydrogen-bond donors (Lipinski definition) is 0. The molecule has 0 aromatic heterocycles. The third kappa shape index (κ3) is 2.75. The minimum absolute atomic E-state index is 0.762. The molecule has 0 aliphatic heterocycles. The molecule has 0 rings (SSSR count). The lowest BCUT2D eigenvalue weighted by molar-refractivity contribution is 1.24. The highest BCUT2D eigenvalue weighted by molar-refractivity contribution is 7.80. The monoisotopic (exact) mass is 114 g/mol. The predicted octanol–water partition coefficient (Wildman–Crippen LogP) is 2.19. The van der Waals surface area contributed by atoms with Gasteiger partial charge in [0.25, 0.3) is 0 Å². The molecular formula is C6H10S. The van der Waals surface area contributed by atoms with Crippen LogP contribution in [0, 0.1) is 12.8 Å². The summed E-state index contributed by atoms with van der Waals surface area (Å²) >= 11 is 4.88. The molecule has 1 heteroatoms. The summed E-state index contributed by atoms with van der Waals surface area (Å²) in [4.78, 5) is 0.986. The van der Waals surface area contributed by atoms with Crippen molar-refractivity contribution < 1.29 is 0 Å². The summed E-state index contributed by atoms with van der Waals surface area (Å²) in [5, 5.41) is 0. The van der Waals surface area contributed by atoms with Crippen LogP contribution in [0.2, 0.25) is 0 Å². The molecule has 0 saturated heterocycles. The van der Waals surface area contributed by atoms with Crippen molar-refractivity contribution >= 4 is 17.1 Å². The smallest absolute Gasteiger partial charge is 0.00565 e. The van der Waals surface area contributed by atoms with Crippen LogP contribution in [0.25, 0.3) is 0 Å². The molecule has 0 atom stereocenters. The summed E-state index contributed by atoms with van der Waals surface area (Å²) in [5.74, 6) is 1.21. The number of hydrogen-bond acceptors (Lipinski definition) is 1. The molecule has 0 amide bonds. The zero-order valence-corrected chi connectivity index (χ0v) is 5.64. The average Bonchev–Trinajstić information content (AvgIpc) is 1.65. The second kappa shape index (κ2) is 3.14. The first-order valence-corrected chi connectivity index (χ1v) is 2.72. The Morgan fingerprint density at radius 3 is 2.00 bits per heavy atom. The molecule has 0 nitrogen and oxygen atoms in total. The van der Waals surface area contributed by atoms with Gasteiger partial charge in [-0.3, -0.25) is 0 Å². The molecule has 0 bridgehead atoms. The first-order chi connectivity index (χ1) is 3.18. The Kier molecular flexibility index (Phi) is 3.18. The van der Waals surface area contributed by atoms with Gasteiger partial charge in [0.1, 0.15) is 0 Å². The van der Waals surface area contributed by atoms with Crippen molar-refractivity contribution in [2.75, 3.05) is 0 Å². The van der Waals surface area contributed by atoms with Gasteiger partial charge in [0.15, 0.2) is 0 Å². The summed E-state index contributed by atoms with van der Waals surface area (Å²) in [7, 11) is 0. The molecule has 2 radical (unpaired) electrons. The van der Waals surface area contributed by atoms with Gasteiger partial charge in [-0.05, 0) is 18.2 Å². The van der Waals surface area contributed by atoms with Crippen molar-refractivity contribution in [2.24, 2.45) is 0 Å². The second-order valence-electron chi connectivity index (χ2n) is 1.67. The van der Waals surface area contributed by atoms with Gasteiger partial charge >= 0.3 is 0 Å². The Morgan fingerprint density at radius 1 is 1.57 bits per heavy atom. The molecule has 0 aromatic rings. The largest absolute Gasteiger partial charge is 0.0891 e. The topological polar surface area (TPSA) is 0 Å². The van der Waals surface area contributed by atoms with Gasteiger partial charge in [0.05, 0.1) is 0 Å². The Labute approximate surface area is 50.9 Å². The molecule has 7 heavy (non-hydrogen) atoms. The van der Waals surface area contributed by atoms with E-state index in [1.54, 1.807) is 0 Å². The normalized spacial score (nSPS) is 9.71. The van der Waals surface area contributed by atoms with Crippen LogP contribution >= 0.6 is 12.2 Å². The van der Waals surface area contributed by atoms with Crippen molar-refractivity contribution in [3.8, 4) is 0 Å². The highest BCUT2D eigenvalue weighted by Gasteiger charge is 1.96. The van der Waals surface area contributed by atoms with Crippen LogP contribution in [-0.2, 0) is 0 Å². The number of thiocarbonyl (C=S) groups is 1. The first-order valence-electron chi connectivity index (χ1n) is 2.31. The maximum Gasteiger partial charge on any atom is 0.00565 e. The van der Waals surface area contributed by atoms with Gasteiger partial charge in [-0.15, -0.1) is 0 Å². The summed E-state index contributed by atoms with van der Waals surface area (Å²) in [6.07, 6.45) is 0.762. The summed E-state index contributed by atoms with van der Waals surface area (Å²) in [5.41, 5.74) is 0. The molecule has 0 aliphatic rings. The van der Waals surface area contributed by atoms with E-state index >= 15 is 0 Å². The van der Waals surface area contributed by atoms with Crippen LogP contribution in [0.3, 0.4) is 0 Å². The van der Waals surface area contributed by atoms with E-state index in [-0.39, 0.29) is 0 Å². The highest BCUT2D eigenvalue weighted by Crippen LogP contribution is 2.01. The standard InChI is InChI=1S/C6H10S/c1-4-6(7)5(2)3/h1,4H2,2-3H3. The molecule has 0 N–H and O–H groups in total. The third-order valence-corrected chi connectivity index (χ3v) is 1.40. The maximum absolute atomic E-state index is 4.88. The molecule has 0 saturated carbocycles. The molecule has 0 spiro atoms. The minimum Gasteiger partial charge on any atom is -0.0891 e. The fourth-order valence-electron chi connectivity index (χ4n) is 0.250. The van der Waals surface area contributed by atoms with Crippen LogP contribution in [0.15, 0.2) is 0 Å². The lowest BCUT2D eigenvalue weighted by Gasteiger charge is -1.99. The van der Waals surface area contributed by atoms with E-state index in [9.17, 15) is 0 Å². The Hall–Kier alpha value is 0.0900. The van der Waals surface area contributed by atoms with Crippen molar-refractivity contribution in [1.29, 1.82) is 0 Å². The van der Waals surface area contributed by atoms with Crippen LogP contribution in [0.5, 0.6) is 0 Å². The van der Waals surface area contributed by atoms with E-state index in [0.29, 0.717) is 0 Å². The lowest BCUT2D eigenvalue weighted by Crippen LogP contribution is -1.98. The zero-order chi connectivity index (χ0) is 5.86. The van der Waals surface area contributed by atoms with Gasteiger partial charge in [-0.1, -0.05) is 26.1 Å². The molecule has 40 valence electrons. The van der Waals surface area contributed by atoms with Crippen molar-refractivity contribution in [3.05, 3.63) is 12.8 Å². The number of rotatable bonds is 2. The van der Waals surface area contributed by atoms with E-state index in [4.69, 9.17) is 12.2 Å². The van der Waals surface area contributed by atoms with Crippen molar-refractivity contribution in [3.63, 3.8) is 0 Å². The second-order valence-corrected chi connectivity index (χ2v) is 2.17. The highest BCUT2D eigenvalue weighted by atomic mass is 32.1. The van der Waals surface area contributed by atoms with Crippen LogP contribution in [0.4, 0.5) is 0 Å². The summed E-state index contributed by atoms with van der Waals surface area (Å²) in [6.45, 7) is 7.66. The van der Waals surface area contributed by atoms with E-state index < -0.39 is 0 Å². The lowest BCUT2D eigenvalue weighted by atomic mass is 10.1. The fourth-order valence-corrected chi connectivity index (χ4v) is 0.250. The van der Waals surface area contributed by atoms with E-state index in [1.165, 1.54) is 5.92 Å². The van der Waals surface area contributed by atoms with Gasteiger partial charge in [0.2, 0.25) is 0 Å². The fraction of sp³-hybridized carbons (Fsp3) is 0.500. The summed E-state index contributed by atoms with van der Waals surface area (Å²) in [6, 6.07) is 0. The third-order valence-electron chi connectivity index (χ3n) is 0.785. The zero-order valence-electron chi connectivity index (χ0n) is 4.82. The van der Waals surface area contributed by atoms with Gasteiger partial charge in [-0.25, -0.2) is 0 Å². The minimum atomic E-state index is 0.762. The SMILES string of the molecule is [CH2]CC(=S)[C](C)C. The van der Waals surface area contributed by atoms with Gasteiger partial charge < -0.3 is 0 Å². The van der Waals surface area contributed by atoms with Crippen molar-refractivity contribution in [2.45, 2.75) is 20.3 Å². The van der Waals surface area contributed by atoms with Crippen LogP contribution in [0.1, 0.15) is 20.3 Å². The first kappa shape index (κ1) is 7.09. The summed E-state index contributed by atoms with van der Waals surface area (Å²) < 4.78 is 0. The molecular weight excluding hydrogens is 104 g/mol. The molecule has 0 unspecified atom stereocenters. The van der Waals surface area contributed by atoms with E-state index in [2.05, 4.69) is 6.92 Å². The molecule has 0 heterocycles. The Morgan fingerprint density at radius 2 is 2.00 bits per heavy atom. The predicted molar refractivity (Wildman–Crippen MR) is 37.2 cm³/mol. The molecule has 0 aromatic carbocycles. The van der Waals surface area contributed by atoms with Gasteiger partial charge in [-0.2, -0.15) is 0 Å². The van der Waals surface area contributed by atoms with E-state index in [1.807, 2.05) is 13.8 Å².